The molecule has 2 aliphatic heterocycles. The number of aliphatic hydroxyl groups excluding tert-OH is 1. The molecule has 2 aliphatic carbocycles. The molecule has 7 nitrogen and oxygen atoms in total. The molecule has 4 rings (SSSR count). The summed E-state index contributed by atoms with van der Waals surface area (Å²) in [5.74, 6) is -2.54. The van der Waals surface area contributed by atoms with Crippen LogP contribution in [0.5, 0.6) is 0 Å². The summed E-state index contributed by atoms with van der Waals surface area (Å²) >= 11 is 0. The fraction of sp³-hybridized carbons (Fsp3) is 0.600. The van der Waals surface area contributed by atoms with Crippen LogP contribution < -0.4 is 0 Å². The second-order valence-corrected chi connectivity index (χ2v) is 7.99. The van der Waals surface area contributed by atoms with E-state index < -0.39 is 53.3 Å². The van der Waals surface area contributed by atoms with Gasteiger partial charge in [0.25, 0.3) is 0 Å². The van der Waals surface area contributed by atoms with Crippen LogP contribution in [-0.2, 0) is 23.8 Å². The van der Waals surface area contributed by atoms with Crippen molar-refractivity contribution >= 4 is 11.9 Å². The van der Waals surface area contributed by atoms with E-state index in [-0.39, 0.29) is 12.0 Å². The van der Waals surface area contributed by atoms with Crippen LogP contribution in [0.25, 0.3) is 0 Å². The highest BCUT2D eigenvalue weighted by Gasteiger charge is 2.73. The average molecular weight is 376 g/mol. The standard InChI is InChI=1S/C20H24O7/c1-5-9(2)17(22)26-13-7-19(8-25-19)15-12(21)6-10(3)20(15,24)16-14(13)11(4)18(23)27-16/h5-6,12-16,21,24H,4,7-8H2,1-3H3/b9-5-/t12-,13+,14+,15-,16-,19-,20+/m0/s1. The van der Waals surface area contributed by atoms with Gasteiger partial charge in [0.15, 0.2) is 0 Å². The lowest BCUT2D eigenvalue weighted by molar-refractivity contribution is -0.162. The maximum absolute atomic E-state index is 12.4. The highest BCUT2D eigenvalue weighted by molar-refractivity contribution is 5.92. The molecule has 1 saturated carbocycles. The van der Waals surface area contributed by atoms with E-state index in [4.69, 9.17) is 14.2 Å². The Bertz CT molecular complexity index is 790. The molecule has 0 aromatic rings. The smallest absolute Gasteiger partial charge is 0.334 e. The Morgan fingerprint density at radius 1 is 1.48 bits per heavy atom. The van der Waals surface area contributed by atoms with Gasteiger partial charge in [0.05, 0.1) is 24.5 Å². The number of ether oxygens (including phenoxy) is 3. The van der Waals surface area contributed by atoms with Gasteiger partial charge in [-0.1, -0.05) is 18.7 Å². The molecule has 4 aliphatic rings. The second-order valence-electron chi connectivity index (χ2n) is 7.99. The lowest BCUT2D eigenvalue weighted by atomic mass is 9.73. The Kier molecular flexibility index (Phi) is 3.93. The van der Waals surface area contributed by atoms with Crippen molar-refractivity contribution in [1.29, 1.82) is 0 Å². The number of allylic oxidation sites excluding steroid dienone is 1. The van der Waals surface area contributed by atoms with E-state index in [0.717, 1.165) is 0 Å². The summed E-state index contributed by atoms with van der Waals surface area (Å²) < 4.78 is 16.9. The monoisotopic (exact) mass is 376 g/mol. The van der Waals surface area contributed by atoms with Gasteiger partial charge >= 0.3 is 11.9 Å². The van der Waals surface area contributed by atoms with Crippen LogP contribution in [-0.4, -0.2) is 58.3 Å². The molecule has 0 unspecified atom stereocenters. The van der Waals surface area contributed by atoms with E-state index in [0.29, 0.717) is 17.8 Å². The van der Waals surface area contributed by atoms with Gasteiger partial charge in [-0.3, -0.25) is 0 Å². The van der Waals surface area contributed by atoms with Gasteiger partial charge in [-0.2, -0.15) is 0 Å². The third kappa shape index (κ3) is 2.38. The Morgan fingerprint density at radius 3 is 2.74 bits per heavy atom. The molecule has 0 aromatic heterocycles. The largest absolute Gasteiger partial charge is 0.458 e. The third-order valence-electron chi connectivity index (χ3n) is 6.57. The number of rotatable bonds is 2. The van der Waals surface area contributed by atoms with Gasteiger partial charge in [0.1, 0.15) is 23.4 Å². The van der Waals surface area contributed by atoms with Gasteiger partial charge in [0, 0.05) is 17.6 Å². The van der Waals surface area contributed by atoms with E-state index in [1.54, 1.807) is 32.9 Å². The lowest BCUT2D eigenvalue weighted by Gasteiger charge is -2.39. The fourth-order valence-corrected chi connectivity index (χ4v) is 4.92. The zero-order valence-electron chi connectivity index (χ0n) is 15.6. The Morgan fingerprint density at radius 2 is 2.15 bits per heavy atom. The van der Waals surface area contributed by atoms with Gasteiger partial charge in [-0.15, -0.1) is 0 Å². The van der Waals surface area contributed by atoms with Gasteiger partial charge in [0.2, 0.25) is 0 Å². The SMILES string of the molecule is C=C1C(=O)O[C@H]2[C@H]1[C@H](OC(=O)/C(C)=C\C)C[C@]1(CO1)[C@@H]1[C@@H](O)C=C(C)[C@]21O. The summed E-state index contributed by atoms with van der Waals surface area (Å²) in [7, 11) is 0. The van der Waals surface area contributed by atoms with Crippen molar-refractivity contribution < 1.29 is 34.0 Å². The summed E-state index contributed by atoms with van der Waals surface area (Å²) in [5.41, 5.74) is -1.33. The van der Waals surface area contributed by atoms with Crippen LogP contribution in [0.4, 0.5) is 0 Å². The zero-order chi connectivity index (χ0) is 19.7. The van der Waals surface area contributed by atoms with Crippen LogP contribution in [0.15, 0.2) is 35.5 Å². The van der Waals surface area contributed by atoms with E-state index in [1.165, 1.54) is 0 Å². The quantitative estimate of drug-likeness (QED) is 0.318. The predicted molar refractivity (Wildman–Crippen MR) is 93.3 cm³/mol. The van der Waals surface area contributed by atoms with Gasteiger partial charge in [-0.25, -0.2) is 9.59 Å². The van der Waals surface area contributed by atoms with Crippen molar-refractivity contribution in [2.45, 2.75) is 56.7 Å². The first kappa shape index (κ1) is 18.4. The third-order valence-corrected chi connectivity index (χ3v) is 6.57. The van der Waals surface area contributed by atoms with Crippen LogP contribution in [0.1, 0.15) is 27.2 Å². The number of carbonyl (C=O) groups excluding carboxylic acids is 2. The first-order chi connectivity index (χ1) is 12.7. The number of fused-ring (bicyclic) bond motifs is 4. The van der Waals surface area contributed by atoms with Crippen molar-refractivity contribution in [1.82, 2.24) is 0 Å². The molecule has 7 atom stereocenters. The minimum absolute atomic E-state index is 0.162. The first-order valence-corrected chi connectivity index (χ1v) is 9.12. The molecular formula is C20H24O7. The van der Waals surface area contributed by atoms with E-state index >= 15 is 0 Å². The van der Waals surface area contributed by atoms with Crippen molar-refractivity contribution in [3.8, 4) is 0 Å². The number of aliphatic hydroxyl groups is 2. The van der Waals surface area contributed by atoms with Crippen LogP contribution in [0.3, 0.4) is 0 Å². The molecule has 2 saturated heterocycles. The topological polar surface area (TPSA) is 106 Å². The minimum Gasteiger partial charge on any atom is -0.458 e. The number of hydrogen-bond donors (Lipinski definition) is 2. The van der Waals surface area contributed by atoms with Crippen molar-refractivity contribution in [3.05, 3.63) is 35.5 Å². The number of carbonyl (C=O) groups is 2. The summed E-state index contributed by atoms with van der Waals surface area (Å²) in [6.07, 6.45) is 0.770. The van der Waals surface area contributed by atoms with E-state index in [1.807, 2.05) is 0 Å². The second kappa shape index (κ2) is 5.77. The number of hydrogen-bond acceptors (Lipinski definition) is 7. The Balaban J connectivity index is 1.80. The first-order valence-electron chi connectivity index (χ1n) is 9.12. The molecule has 0 radical (unpaired) electrons. The maximum atomic E-state index is 12.4. The fourth-order valence-electron chi connectivity index (χ4n) is 4.92. The maximum Gasteiger partial charge on any atom is 0.334 e. The highest BCUT2D eigenvalue weighted by Crippen LogP contribution is 2.59. The molecule has 1 spiro atoms. The zero-order valence-corrected chi connectivity index (χ0v) is 15.6. The molecular weight excluding hydrogens is 352 g/mol. The predicted octanol–water partition coefficient (Wildman–Crippen LogP) is 0.803. The molecule has 0 aromatic carbocycles. The van der Waals surface area contributed by atoms with E-state index in [2.05, 4.69) is 6.58 Å². The lowest BCUT2D eigenvalue weighted by Crippen LogP contribution is -2.55. The molecule has 0 amide bonds. The normalized spacial score (nSPS) is 45.7. The van der Waals surface area contributed by atoms with Gasteiger partial charge in [-0.05, 0) is 26.3 Å². The van der Waals surface area contributed by atoms with Crippen LogP contribution in [0, 0.1) is 11.8 Å². The van der Waals surface area contributed by atoms with Gasteiger partial charge < -0.3 is 24.4 Å². The van der Waals surface area contributed by atoms with Crippen LogP contribution in [0.2, 0.25) is 0 Å². The molecule has 146 valence electrons. The summed E-state index contributed by atoms with van der Waals surface area (Å²) in [6.45, 7) is 9.23. The summed E-state index contributed by atoms with van der Waals surface area (Å²) in [5, 5.41) is 22.3. The molecule has 2 N–H and O–H groups in total. The highest BCUT2D eigenvalue weighted by atomic mass is 16.6. The summed E-state index contributed by atoms with van der Waals surface area (Å²) in [4.78, 5) is 24.7. The number of esters is 2. The average Bonchev–Trinajstić information content (AvgIpc) is 3.26. The molecule has 7 heteroatoms. The van der Waals surface area contributed by atoms with Crippen LogP contribution >= 0.6 is 0 Å². The number of epoxide rings is 1. The van der Waals surface area contributed by atoms with Crippen molar-refractivity contribution in [2.75, 3.05) is 6.61 Å². The molecule has 3 fully saturated rings. The van der Waals surface area contributed by atoms with E-state index in [9.17, 15) is 19.8 Å². The molecule has 0 bridgehead atoms. The molecule has 27 heavy (non-hydrogen) atoms. The Labute approximate surface area is 157 Å². The Hall–Kier alpha value is -1.96. The molecule has 2 heterocycles. The minimum atomic E-state index is -1.60. The van der Waals surface area contributed by atoms with Crippen molar-refractivity contribution in [3.63, 3.8) is 0 Å². The van der Waals surface area contributed by atoms with Crippen molar-refractivity contribution in [2.24, 2.45) is 11.8 Å². The summed E-state index contributed by atoms with van der Waals surface area (Å²) in [6, 6.07) is 0.